The van der Waals surface area contributed by atoms with Crippen LogP contribution >= 0.6 is 0 Å². The predicted molar refractivity (Wildman–Crippen MR) is 66.2 cm³/mol. The van der Waals surface area contributed by atoms with E-state index in [4.69, 9.17) is 16.9 Å². The summed E-state index contributed by atoms with van der Waals surface area (Å²) in [5.74, 6) is -3.86. The molecular weight excluding hydrogens is 273 g/mol. The Morgan fingerprint density at radius 1 is 1.30 bits per heavy atom. The molecule has 0 aliphatic carbocycles. The highest BCUT2D eigenvalue weighted by Gasteiger charge is 2.18. The van der Waals surface area contributed by atoms with Gasteiger partial charge in [-0.25, -0.2) is 14.8 Å². The summed E-state index contributed by atoms with van der Waals surface area (Å²) in [6, 6.07) is 0. The number of rotatable bonds is 2. The van der Waals surface area contributed by atoms with Crippen molar-refractivity contribution in [2.75, 3.05) is 18.1 Å². The van der Waals surface area contributed by atoms with Crippen molar-refractivity contribution in [3.63, 3.8) is 0 Å². The number of nitrogen functional groups attached to an aromatic ring is 2. The number of hydrogen-bond acceptors (Lipinski definition) is 8. The zero-order chi connectivity index (χ0) is 15.3. The number of guanidine groups is 1. The number of anilines is 2. The fraction of sp³-hybridized carbons (Fsp3) is 0.222. The molecule has 1 rings (SSSR count). The molecule has 1 aromatic rings. The summed E-state index contributed by atoms with van der Waals surface area (Å²) in [5.41, 5.74) is 9.90. The lowest BCUT2D eigenvalue weighted by Gasteiger charge is -2.09. The lowest BCUT2D eigenvalue weighted by molar-refractivity contribution is 0.0970. The minimum atomic E-state index is -1.17. The van der Waals surface area contributed by atoms with Gasteiger partial charge in [0.25, 0.3) is 11.9 Å². The largest absolute Gasteiger partial charge is 0.450 e. The van der Waals surface area contributed by atoms with Crippen molar-refractivity contribution < 1.29 is 18.7 Å². The molecule has 0 bridgehead atoms. The van der Waals surface area contributed by atoms with Crippen LogP contribution in [0, 0.1) is 11.4 Å². The number of aromatic nitrogens is 2. The molecule has 0 aromatic carbocycles. The normalized spacial score (nSPS) is 9.70. The lowest BCUT2D eigenvalue weighted by atomic mass is 10.4. The van der Waals surface area contributed by atoms with E-state index in [0.717, 1.165) is 0 Å². The van der Waals surface area contributed by atoms with Gasteiger partial charge in [-0.15, -0.1) is 0 Å². The molecule has 10 nitrogen and oxygen atoms in total. The second kappa shape index (κ2) is 6.26. The molecule has 0 saturated heterocycles. The molecule has 0 saturated carbocycles. The van der Waals surface area contributed by atoms with Crippen LogP contribution in [0.4, 0.5) is 20.8 Å². The minimum absolute atomic E-state index is 0.0919. The smallest absolute Gasteiger partial charge is 0.413 e. The summed E-state index contributed by atoms with van der Waals surface area (Å²) in [5, 5.41) is 11.1. The van der Waals surface area contributed by atoms with Gasteiger partial charge in [0.05, 0.1) is 6.61 Å². The van der Waals surface area contributed by atoms with Gasteiger partial charge in [0.1, 0.15) is 0 Å². The number of nitrogens with two attached hydrogens (primary N) is 2. The highest BCUT2D eigenvalue weighted by molar-refractivity contribution is 6.08. The number of nitrogens with one attached hydrogen (secondary N) is 3. The number of ether oxygens (including phenoxy) is 1. The monoisotopic (exact) mass is 285 g/mol. The van der Waals surface area contributed by atoms with E-state index < -0.39 is 41.2 Å². The number of halogens is 1. The van der Waals surface area contributed by atoms with E-state index in [9.17, 15) is 14.0 Å². The van der Waals surface area contributed by atoms with Gasteiger partial charge in [-0.1, -0.05) is 0 Å². The van der Waals surface area contributed by atoms with Gasteiger partial charge in [-0.2, -0.15) is 4.39 Å². The van der Waals surface area contributed by atoms with Gasteiger partial charge < -0.3 is 16.2 Å². The van der Waals surface area contributed by atoms with Crippen molar-refractivity contribution in [3.05, 3.63) is 11.6 Å². The topological polar surface area (TPSA) is 169 Å². The first-order valence-corrected chi connectivity index (χ1v) is 5.27. The highest BCUT2D eigenvalue weighted by Crippen LogP contribution is 2.10. The Morgan fingerprint density at radius 3 is 2.55 bits per heavy atom. The molecule has 2 amide bonds. The second-order valence-corrected chi connectivity index (χ2v) is 3.31. The van der Waals surface area contributed by atoms with Crippen LogP contribution in [0.2, 0.25) is 0 Å². The maximum atomic E-state index is 13.1. The Balaban J connectivity index is 2.74. The Labute approximate surface area is 112 Å². The maximum absolute atomic E-state index is 13.1. The summed E-state index contributed by atoms with van der Waals surface area (Å²) in [7, 11) is 0. The van der Waals surface area contributed by atoms with Crippen LogP contribution in [0.25, 0.3) is 0 Å². The molecule has 11 heteroatoms. The van der Waals surface area contributed by atoms with E-state index in [-0.39, 0.29) is 6.61 Å². The van der Waals surface area contributed by atoms with E-state index in [2.05, 4.69) is 14.7 Å². The number of nitrogens with zero attached hydrogens (tertiary/aromatic N) is 2. The van der Waals surface area contributed by atoms with Crippen LogP contribution in [-0.4, -0.2) is 34.5 Å². The molecule has 0 atom stereocenters. The number of carbonyl (C=O) groups excluding carboxylic acids is 2. The summed E-state index contributed by atoms with van der Waals surface area (Å²) >= 11 is 0. The third kappa shape index (κ3) is 3.76. The summed E-state index contributed by atoms with van der Waals surface area (Å²) in [4.78, 5) is 29.2. The standard InChI is InChI=1S/C9H12FN7O3/c1-2-20-9(19)17-8(13)16-7(18)3-5(11)15-6(12)4(10)14-3/h2H2,1H3,(H4,11,12,15)(H3,13,16,17,18,19). The molecule has 0 unspecified atom stereocenters. The van der Waals surface area contributed by atoms with Crippen molar-refractivity contribution in [1.29, 1.82) is 5.41 Å². The van der Waals surface area contributed by atoms with E-state index in [0.29, 0.717) is 0 Å². The van der Waals surface area contributed by atoms with Gasteiger partial charge >= 0.3 is 6.09 Å². The first-order chi connectivity index (χ1) is 9.35. The van der Waals surface area contributed by atoms with Gasteiger partial charge in [0.2, 0.25) is 5.96 Å². The lowest BCUT2D eigenvalue weighted by Crippen LogP contribution is -2.43. The molecule has 0 radical (unpaired) electrons. The Kier molecular flexibility index (Phi) is 4.72. The Bertz CT molecular complexity index is 563. The van der Waals surface area contributed by atoms with Crippen LogP contribution < -0.4 is 22.1 Å². The van der Waals surface area contributed by atoms with Crippen LogP contribution in [-0.2, 0) is 4.74 Å². The third-order valence-corrected chi connectivity index (χ3v) is 1.86. The quantitative estimate of drug-likeness (QED) is 0.349. The Morgan fingerprint density at radius 2 is 1.95 bits per heavy atom. The average Bonchev–Trinajstić information content (AvgIpc) is 2.33. The third-order valence-electron chi connectivity index (χ3n) is 1.86. The van der Waals surface area contributed by atoms with Gasteiger partial charge in [-0.05, 0) is 6.92 Å². The summed E-state index contributed by atoms with van der Waals surface area (Å²) in [6.45, 7) is 1.66. The average molecular weight is 285 g/mol. The van der Waals surface area contributed by atoms with Crippen molar-refractivity contribution >= 4 is 29.6 Å². The number of alkyl carbamates (subject to hydrolysis) is 1. The van der Waals surface area contributed by atoms with Crippen LogP contribution in [0.3, 0.4) is 0 Å². The maximum Gasteiger partial charge on any atom is 0.413 e. The molecular formula is C9H12FN7O3. The van der Waals surface area contributed by atoms with Crippen molar-refractivity contribution in [2.45, 2.75) is 6.92 Å². The van der Waals surface area contributed by atoms with E-state index in [1.165, 1.54) is 0 Å². The molecule has 108 valence electrons. The SMILES string of the molecule is CCOC(=O)NC(=N)NC(=O)c1nc(F)c(N)nc1N. The highest BCUT2D eigenvalue weighted by atomic mass is 19.1. The van der Waals surface area contributed by atoms with Gasteiger partial charge in [0.15, 0.2) is 17.3 Å². The molecule has 7 N–H and O–H groups in total. The first-order valence-electron chi connectivity index (χ1n) is 5.27. The second-order valence-electron chi connectivity index (χ2n) is 3.31. The molecule has 0 aliphatic heterocycles. The van der Waals surface area contributed by atoms with Gasteiger partial charge in [0, 0.05) is 0 Å². The molecule has 20 heavy (non-hydrogen) atoms. The summed E-state index contributed by atoms with van der Waals surface area (Å²) < 4.78 is 17.6. The summed E-state index contributed by atoms with van der Waals surface area (Å²) in [6.07, 6.45) is -0.930. The van der Waals surface area contributed by atoms with Crippen LogP contribution in [0.15, 0.2) is 0 Å². The van der Waals surface area contributed by atoms with Gasteiger partial charge in [-0.3, -0.25) is 20.8 Å². The fourth-order valence-corrected chi connectivity index (χ4v) is 1.08. The molecule has 1 aromatic heterocycles. The molecule has 0 spiro atoms. The van der Waals surface area contributed by atoms with Crippen molar-refractivity contribution in [1.82, 2.24) is 20.6 Å². The van der Waals surface area contributed by atoms with E-state index in [1.807, 2.05) is 10.6 Å². The van der Waals surface area contributed by atoms with E-state index >= 15 is 0 Å². The predicted octanol–water partition coefficient (Wildman–Crippen LogP) is -0.809. The zero-order valence-electron chi connectivity index (χ0n) is 10.4. The number of carbonyl (C=O) groups is 2. The molecule has 0 aliphatic rings. The molecule has 0 fully saturated rings. The number of hydrogen-bond donors (Lipinski definition) is 5. The zero-order valence-corrected chi connectivity index (χ0v) is 10.4. The number of amides is 2. The Hall–Kier alpha value is -2.98. The van der Waals surface area contributed by atoms with Crippen molar-refractivity contribution in [2.24, 2.45) is 0 Å². The molecule has 1 heterocycles. The first kappa shape index (κ1) is 15.1. The van der Waals surface area contributed by atoms with E-state index in [1.54, 1.807) is 6.92 Å². The van der Waals surface area contributed by atoms with Crippen LogP contribution in [0.5, 0.6) is 0 Å². The minimum Gasteiger partial charge on any atom is -0.450 e. The fourth-order valence-electron chi connectivity index (χ4n) is 1.08. The van der Waals surface area contributed by atoms with Crippen LogP contribution in [0.1, 0.15) is 17.4 Å². The van der Waals surface area contributed by atoms with Crippen molar-refractivity contribution in [3.8, 4) is 0 Å².